The van der Waals surface area contributed by atoms with Gasteiger partial charge in [-0.3, -0.25) is 9.78 Å². The summed E-state index contributed by atoms with van der Waals surface area (Å²) in [6, 6.07) is 12.2. The van der Waals surface area contributed by atoms with Crippen LogP contribution in [0.5, 0.6) is 0 Å². The van der Waals surface area contributed by atoms with Crippen molar-refractivity contribution >= 4 is 16.8 Å². The van der Waals surface area contributed by atoms with Gasteiger partial charge in [0.2, 0.25) is 0 Å². The molecule has 1 aromatic heterocycles. The molecule has 0 saturated heterocycles. The second-order valence-corrected chi connectivity index (χ2v) is 6.93. The Morgan fingerprint density at radius 2 is 2.12 bits per heavy atom. The summed E-state index contributed by atoms with van der Waals surface area (Å²) in [6.07, 6.45) is 2.79. The van der Waals surface area contributed by atoms with Gasteiger partial charge in [0.1, 0.15) is 0 Å². The molecule has 132 valence electrons. The minimum Gasteiger partial charge on any atom is -0.348 e. The molecule has 1 aliphatic rings. The van der Waals surface area contributed by atoms with Crippen molar-refractivity contribution in [2.75, 3.05) is 6.54 Å². The molecule has 0 atom stereocenters. The molecule has 0 spiro atoms. The van der Waals surface area contributed by atoms with Crippen LogP contribution in [0.25, 0.3) is 10.9 Å². The van der Waals surface area contributed by atoms with Gasteiger partial charge in [0.25, 0.3) is 5.91 Å². The van der Waals surface area contributed by atoms with Crippen LogP contribution in [0.2, 0.25) is 0 Å². The van der Waals surface area contributed by atoms with Crippen molar-refractivity contribution in [1.82, 2.24) is 15.6 Å². The normalized spacial score (nSPS) is 13.5. The second-order valence-electron chi connectivity index (χ2n) is 6.93. The van der Waals surface area contributed by atoms with Gasteiger partial charge in [-0.15, -0.1) is 0 Å². The molecule has 4 nitrogen and oxygen atoms in total. The number of aromatic nitrogens is 1. The van der Waals surface area contributed by atoms with E-state index in [-0.39, 0.29) is 5.91 Å². The van der Waals surface area contributed by atoms with Gasteiger partial charge in [-0.05, 0) is 66.8 Å². The van der Waals surface area contributed by atoms with Gasteiger partial charge in [-0.1, -0.05) is 24.3 Å². The van der Waals surface area contributed by atoms with Crippen molar-refractivity contribution in [2.45, 2.75) is 33.4 Å². The van der Waals surface area contributed by atoms with Gasteiger partial charge in [-0.2, -0.15) is 0 Å². The molecule has 0 bridgehead atoms. The van der Waals surface area contributed by atoms with Crippen LogP contribution in [0.4, 0.5) is 0 Å². The van der Waals surface area contributed by atoms with Crippen LogP contribution < -0.4 is 10.6 Å². The van der Waals surface area contributed by atoms with Crippen LogP contribution in [-0.2, 0) is 19.5 Å². The fourth-order valence-corrected chi connectivity index (χ4v) is 3.75. The molecule has 2 aromatic carbocycles. The second kappa shape index (κ2) is 6.89. The number of benzene rings is 2. The Morgan fingerprint density at radius 1 is 1.23 bits per heavy atom. The van der Waals surface area contributed by atoms with Crippen molar-refractivity contribution in [2.24, 2.45) is 0 Å². The van der Waals surface area contributed by atoms with Gasteiger partial charge < -0.3 is 10.6 Å². The molecule has 1 amide bonds. The molecular weight excluding hydrogens is 322 g/mol. The van der Waals surface area contributed by atoms with Crippen molar-refractivity contribution in [3.63, 3.8) is 0 Å². The molecule has 0 unspecified atom stereocenters. The first kappa shape index (κ1) is 16.7. The SMILES string of the molecule is Cc1cc(C(=O)NCc2cccc3c2CCNC3)c2cccnc2c1C. The molecule has 0 aliphatic carbocycles. The Hall–Kier alpha value is -2.72. The molecule has 2 heterocycles. The lowest BCUT2D eigenvalue weighted by molar-refractivity contribution is 0.0952. The maximum atomic E-state index is 12.9. The van der Waals surface area contributed by atoms with E-state index in [0.29, 0.717) is 12.1 Å². The Morgan fingerprint density at radius 3 is 3.00 bits per heavy atom. The maximum absolute atomic E-state index is 12.9. The molecular formula is C22H23N3O. The van der Waals surface area contributed by atoms with Crippen LogP contribution in [0, 0.1) is 13.8 Å². The monoisotopic (exact) mass is 345 g/mol. The van der Waals surface area contributed by atoms with Crippen LogP contribution >= 0.6 is 0 Å². The van der Waals surface area contributed by atoms with E-state index in [9.17, 15) is 4.79 Å². The van der Waals surface area contributed by atoms with E-state index < -0.39 is 0 Å². The van der Waals surface area contributed by atoms with Gasteiger partial charge in [-0.25, -0.2) is 0 Å². The summed E-state index contributed by atoms with van der Waals surface area (Å²) >= 11 is 0. The van der Waals surface area contributed by atoms with Gasteiger partial charge >= 0.3 is 0 Å². The molecule has 4 heteroatoms. The lowest BCUT2D eigenvalue weighted by Gasteiger charge is -2.20. The molecule has 1 aliphatic heterocycles. The van der Waals surface area contributed by atoms with Crippen LogP contribution in [0.15, 0.2) is 42.6 Å². The number of nitrogens with one attached hydrogen (secondary N) is 2. The number of carbonyl (C=O) groups excluding carboxylic acids is 1. The topological polar surface area (TPSA) is 54.0 Å². The summed E-state index contributed by atoms with van der Waals surface area (Å²) < 4.78 is 0. The molecule has 3 aromatic rings. The van der Waals surface area contributed by atoms with Crippen LogP contribution in [-0.4, -0.2) is 17.4 Å². The van der Waals surface area contributed by atoms with Gasteiger partial charge in [0.15, 0.2) is 0 Å². The zero-order chi connectivity index (χ0) is 18.1. The first-order valence-corrected chi connectivity index (χ1v) is 9.08. The molecule has 2 N–H and O–H groups in total. The Labute approximate surface area is 153 Å². The predicted octanol–water partition coefficient (Wildman–Crippen LogP) is 3.43. The average Bonchev–Trinajstić information content (AvgIpc) is 2.69. The number of carbonyl (C=O) groups is 1. The van der Waals surface area contributed by atoms with E-state index in [0.717, 1.165) is 41.5 Å². The Bertz CT molecular complexity index is 994. The zero-order valence-corrected chi connectivity index (χ0v) is 15.2. The minimum absolute atomic E-state index is 0.0439. The number of aryl methyl sites for hydroxylation is 2. The standard InChI is InChI=1S/C22H23N3O/c1-14-11-20(19-7-4-9-24-21(19)15(14)2)22(26)25-13-17-6-3-5-16-12-23-10-8-18(16)17/h3-7,9,11,23H,8,10,12-13H2,1-2H3,(H,25,26). The van der Waals surface area contributed by atoms with E-state index in [1.54, 1.807) is 6.20 Å². The lowest BCUT2D eigenvalue weighted by Crippen LogP contribution is -2.28. The Kier molecular flexibility index (Phi) is 4.43. The molecule has 0 radical (unpaired) electrons. The number of nitrogens with zero attached hydrogens (tertiary/aromatic N) is 1. The van der Waals surface area contributed by atoms with Crippen molar-refractivity contribution in [3.8, 4) is 0 Å². The minimum atomic E-state index is -0.0439. The first-order valence-electron chi connectivity index (χ1n) is 9.08. The fourth-order valence-electron chi connectivity index (χ4n) is 3.75. The fraction of sp³-hybridized carbons (Fsp3) is 0.273. The molecule has 4 rings (SSSR count). The van der Waals surface area contributed by atoms with Crippen LogP contribution in [0.3, 0.4) is 0 Å². The third-order valence-electron chi connectivity index (χ3n) is 5.33. The van der Waals surface area contributed by atoms with Gasteiger partial charge in [0, 0.05) is 30.2 Å². The highest BCUT2D eigenvalue weighted by Crippen LogP contribution is 2.24. The van der Waals surface area contributed by atoms with E-state index in [1.165, 1.54) is 16.7 Å². The molecule has 26 heavy (non-hydrogen) atoms. The predicted molar refractivity (Wildman–Crippen MR) is 104 cm³/mol. The maximum Gasteiger partial charge on any atom is 0.252 e. The number of hydrogen-bond donors (Lipinski definition) is 2. The number of fused-ring (bicyclic) bond motifs is 2. The number of rotatable bonds is 3. The van der Waals surface area contributed by atoms with E-state index in [1.807, 2.05) is 25.1 Å². The van der Waals surface area contributed by atoms with E-state index >= 15 is 0 Å². The summed E-state index contributed by atoms with van der Waals surface area (Å²) in [6.45, 7) is 6.53. The molecule has 0 saturated carbocycles. The van der Waals surface area contributed by atoms with Gasteiger partial charge in [0.05, 0.1) is 5.52 Å². The average molecular weight is 345 g/mol. The summed E-state index contributed by atoms with van der Waals surface area (Å²) in [5.41, 5.74) is 7.74. The highest BCUT2D eigenvalue weighted by molar-refractivity contribution is 6.07. The van der Waals surface area contributed by atoms with Crippen molar-refractivity contribution in [3.05, 3.63) is 76.0 Å². The first-order chi connectivity index (χ1) is 12.6. The summed E-state index contributed by atoms with van der Waals surface area (Å²) in [5, 5.41) is 7.42. The quantitative estimate of drug-likeness (QED) is 0.765. The third-order valence-corrected chi connectivity index (χ3v) is 5.33. The highest BCUT2D eigenvalue weighted by Gasteiger charge is 2.16. The highest BCUT2D eigenvalue weighted by atomic mass is 16.1. The number of pyridine rings is 1. The molecule has 0 fully saturated rings. The third kappa shape index (κ3) is 2.97. The largest absolute Gasteiger partial charge is 0.348 e. The smallest absolute Gasteiger partial charge is 0.252 e. The summed E-state index contributed by atoms with van der Waals surface area (Å²) in [7, 11) is 0. The summed E-state index contributed by atoms with van der Waals surface area (Å²) in [4.78, 5) is 17.4. The Balaban J connectivity index is 1.62. The van der Waals surface area contributed by atoms with Crippen molar-refractivity contribution < 1.29 is 4.79 Å². The summed E-state index contributed by atoms with van der Waals surface area (Å²) in [5.74, 6) is -0.0439. The number of amides is 1. The van der Waals surface area contributed by atoms with E-state index in [4.69, 9.17) is 0 Å². The van der Waals surface area contributed by atoms with E-state index in [2.05, 4.69) is 40.7 Å². The lowest BCUT2D eigenvalue weighted by atomic mass is 9.95. The number of hydrogen-bond acceptors (Lipinski definition) is 3. The van der Waals surface area contributed by atoms with Crippen molar-refractivity contribution in [1.29, 1.82) is 0 Å². The zero-order valence-electron chi connectivity index (χ0n) is 15.2. The van der Waals surface area contributed by atoms with Crippen LogP contribution in [0.1, 0.15) is 38.2 Å².